The Kier molecular flexibility index (Phi) is 5.74. The Labute approximate surface area is 161 Å². The molecule has 27 heavy (non-hydrogen) atoms. The van der Waals surface area contributed by atoms with Crippen molar-refractivity contribution in [3.8, 4) is 0 Å². The van der Waals surface area contributed by atoms with Gasteiger partial charge in [0.25, 0.3) is 0 Å². The molecule has 3 fully saturated rings. The predicted molar refractivity (Wildman–Crippen MR) is 104 cm³/mol. The zero-order valence-electron chi connectivity index (χ0n) is 15.9. The van der Waals surface area contributed by atoms with E-state index in [9.17, 15) is 9.59 Å². The largest absolute Gasteiger partial charge is 0.350 e. The highest BCUT2D eigenvalue weighted by Crippen LogP contribution is 2.22. The molecule has 2 saturated heterocycles. The summed E-state index contributed by atoms with van der Waals surface area (Å²) in [5, 5.41) is 6.58. The molecule has 3 atom stereocenters. The van der Waals surface area contributed by atoms with Gasteiger partial charge in [0.15, 0.2) is 0 Å². The van der Waals surface area contributed by atoms with Crippen LogP contribution in [0, 0.1) is 0 Å². The van der Waals surface area contributed by atoms with E-state index in [1.807, 2.05) is 11.0 Å². The van der Waals surface area contributed by atoms with Crippen molar-refractivity contribution in [1.82, 2.24) is 20.4 Å². The Hall–Kier alpha value is -1.92. The van der Waals surface area contributed by atoms with Gasteiger partial charge in [0.2, 0.25) is 11.8 Å². The van der Waals surface area contributed by atoms with E-state index in [1.165, 1.54) is 18.4 Å². The van der Waals surface area contributed by atoms with Crippen LogP contribution < -0.4 is 10.6 Å². The van der Waals surface area contributed by atoms with Gasteiger partial charge in [-0.3, -0.25) is 14.5 Å². The molecule has 6 heteroatoms. The molecule has 1 aliphatic carbocycles. The molecular formula is C21H30N4O2. The summed E-state index contributed by atoms with van der Waals surface area (Å²) in [5.41, 5.74) is 1.31. The van der Waals surface area contributed by atoms with E-state index in [0.717, 1.165) is 45.6 Å². The Balaban J connectivity index is 1.25. The molecule has 2 amide bonds. The number of nitrogens with one attached hydrogen (secondary N) is 2. The lowest BCUT2D eigenvalue weighted by molar-refractivity contribution is -0.137. The Morgan fingerprint density at radius 1 is 1.00 bits per heavy atom. The molecule has 0 bridgehead atoms. The van der Waals surface area contributed by atoms with Gasteiger partial charge in [0.1, 0.15) is 0 Å². The van der Waals surface area contributed by atoms with Gasteiger partial charge in [-0.05, 0) is 18.4 Å². The molecule has 1 saturated carbocycles. The van der Waals surface area contributed by atoms with Crippen molar-refractivity contribution in [1.29, 1.82) is 0 Å². The molecule has 3 aliphatic rings. The van der Waals surface area contributed by atoms with E-state index in [2.05, 4.69) is 39.8 Å². The van der Waals surface area contributed by atoms with Crippen LogP contribution in [-0.4, -0.2) is 65.9 Å². The summed E-state index contributed by atoms with van der Waals surface area (Å²) in [4.78, 5) is 29.4. The maximum atomic E-state index is 12.7. The second-order valence-electron chi connectivity index (χ2n) is 8.07. The third kappa shape index (κ3) is 4.50. The number of hydrogen-bond donors (Lipinski definition) is 2. The van der Waals surface area contributed by atoms with Crippen LogP contribution in [0.25, 0.3) is 0 Å². The van der Waals surface area contributed by atoms with Crippen molar-refractivity contribution in [2.45, 2.75) is 56.8 Å². The summed E-state index contributed by atoms with van der Waals surface area (Å²) < 4.78 is 0. The van der Waals surface area contributed by atoms with Crippen molar-refractivity contribution >= 4 is 11.8 Å². The van der Waals surface area contributed by atoms with Gasteiger partial charge in [-0.15, -0.1) is 0 Å². The minimum atomic E-state index is -0.376. The number of piperazine rings is 2. The van der Waals surface area contributed by atoms with Crippen LogP contribution >= 0.6 is 0 Å². The maximum Gasteiger partial charge on any atom is 0.237 e. The van der Waals surface area contributed by atoms with Crippen LogP contribution in [0.15, 0.2) is 30.3 Å². The average molecular weight is 370 g/mol. The summed E-state index contributed by atoms with van der Waals surface area (Å²) in [7, 11) is 0. The van der Waals surface area contributed by atoms with Crippen molar-refractivity contribution in [2.24, 2.45) is 0 Å². The van der Waals surface area contributed by atoms with Crippen molar-refractivity contribution in [2.75, 3.05) is 26.2 Å². The number of rotatable bonds is 4. The third-order valence-corrected chi connectivity index (χ3v) is 6.18. The summed E-state index contributed by atoms with van der Waals surface area (Å²) in [5.74, 6) is 0.0884. The molecule has 2 aliphatic heterocycles. The number of hydrogen-bond acceptors (Lipinski definition) is 4. The van der Waals surface area contributed by atoms with E-state index < -0.39 is 0 Å². The van der Waals surface area contributed by atoms with Crippen LogP contribution in [0.4, 0.5) is 0 Å². The van der Waals surface area contributed by atoms with Gasteiger partial charge >= 0.3 is 0 Å². The first-order valence-corrected chi connectivity index (χ1v) is 10.3. The molecule has 0 unspecified atom stereocenters. The molecule has 2 N–H and O–H groups in total. The van der Waals surface area contributed by atoms with E-state index in [4.69, 9.17) is 0 Å². The Bertz CT molecular complexity index is 657. The Morgan fingerprint density at radius 2 is 1.70 bits per heavy atom. The molecule has 0 spiro atoms. The lowest BCUT2D eigenvalue weighted by atomic mass is 9.87. The van der Waals surface area contributed by atoms with Gasteiger partial charge < -0.3 is 15.5 Å². The van der Waals surface area contributed by atoms with Gasteiger partial charge in [-0.1, -0.05) is 43.2 Å². The summed E-state index contributed by atoms with van der Waals surface area (Å²) in [6, 6.07) is 10.6. The van der Waals surface area contributed by atoms with Crippen LogP contribution in [0.2, 0.25) is 0 Å². The van der Waals surface area contributed by atoms with Crippen LogP contribution in [0.1, 0.15) is 37.7 Å². The monoisotopic (exact) mass is 370 g/mol. The highest BCUT2D eigenvalue weighted by molar-refractivity contribution is 5.89. The fourth-order valence-electron chi connectivity index (χ4n) is 4.57. The molecule has 4 rings (SSSR count). The minimum absolute atomic E-state index is 0.00536. The maximum absolute atomic E-state index is 12.7. The quantitative estimate of drug-likeness (QED) is 0.834. The van der Waals surface area contributed by atoms with E-state index in [1.54, 1.807) is 0 Å². The molecule has 0 radical (unpaired) electrons. The molecular weight excluding hydrogens is 340 g/mol. The van der Waals surface area contributed by atoms with Gasteiger partial charge in [-0.25, -0.2) is 0 Å². The zero-order chi connectivity index (χ0) is 18.6. The summed E-state index contributed by atoms with van der Waals surface area (Å²) >= 11 is 0. The first kappa shape index (κ1) is 18.4. The molecule has 1 aromatic carbocycles. The number of amides is 2. The predicted octanol–water partition coefficient (Wildman–Crippen LogP) is 1.12. The lowest BCUT2D eigenvalue weighted by Gasteiger charge is -2.41. The van der Waals surface area contributed by atoms with Crippen molar-refractivity contribution in [3.05, 3.63) is 35.9 Å². The van der Waals surface area contributed by atoms with E-state index >= 15 is 0 Å². The lowest BCUT2D eigenvalue weighted by Crippen LogP contribution is -2.65. The SMILES string of the molecule is O=C1N[C@@H]2CCCC[C@H]2N[C@@H]1CC(=O)N1CCN(Cc2ccccc2)CC1. The van der Waals surface area contributed by atoms with Gasteiger partial charge in [0.05, 0.1) is 12.5 Å². The van der Waals surface area contributed by atoms with Crippen LogP contribution in [0.5, 0.6) is 0 Å². The van der Waals surface area contributed by atoms with Crippen molar-refractivity contribution < 1.29 is 9.59 Å². The number of carbonyl (C=O) groups is 2. The average Bonchev–Trinajstić information content (AvgIpc) is 2.70. The first-order valence-electron chi connectivity index (χ1n) is 10.3. The molecule has 1 aromatic rings. The Morgan fingerprint density at radius 3 is 2.44 bits per heavy atom. The first-order chi connectivity index (χ1) is 13.2. The van der Waals surface area contributed by atoms with Crippen molar-refractivity contribution in [3.63, 3.8) is 0 Å². The highest BCUT2D eigenvalue weighted by atomic mass is 16.2. The zero-order valence-corrected chi connectivity index (χ0v) is 15.9. The second kappa shape index (κ2) is 8.40. The third-order valence-electron chi connectivity index (χ3n) is 6.18. The smallest absolute Gasteiger partial charge is 0.237 e. The van der Waals surface area contributed by atoms with Crippen LogP contribution in [-0.2, 0) is 16.1 Å². The standard InChI is InChI=1S/C21H30N4O2/c26-20(14-19-21(27)23-18-9-5-4-8-17(18)22-19)25-12-10-24(11-13-25)15-16-6-2-1-3-7-16/h1-3,6-7,17-19,22H,4-5,8-15H2,(H,23,27)/t17-,18-,19-/m1/s1. The molecule has 6 nitrogen and oxygen atoms in total. The van der Waals surface area contributed by atoms with Crippen LogP contribution in [0.3, 0.4) is 0 Å². The highest BCUT2D eigenvalue weighted by Gasteiger charge is 2.37. The molecule has 146 valence electrons. The second-order valence-corrected chi connectivity index (χ2v) is 8.07. The number of fused-ring (bicyclic) bond motifs is 1. The topological polar surface area (TPSA) is 64.7 Å². The summed E-state index contributed by atoms with van der Waals surface area (Å²) in [6.07, 6.45) is 4.79. The molecule has 2 heterocycles. The van der Waals surface area contributed by atoms with E-state index in [0.29, 0.717) is 6.04 Å². The fraction of sp³-hybridized carbons (Fsp3) is 0.619. The minimum Gasteiger partial charge on any atom is -0.350 e. The normalized spacial score (nSPS) is 29.1. The number of carbonyl (C=O) groups excluding carboxylic acids is 2. The van der Waals surface area contributed by atoms with E-state index in [-0.39, 0.29) is 30.3 Å². The number of nitrogens with zero attached hydrogens (tertiary/aromatic N) is 2. The summed E-state index contributed by atoms with van der Waals surface area (Å²) in [6.45, 7) is 4.18. The van der Waals surface area contributed by atoms with Gasteiger partial charge in [-0.2, -0.15) is 0 Å². The number of benzene rings is 1. The van der Waals surface area contributed by atoms with Gasteiger partial charge in [0, 0.05) is 44.8 Å². The molecule has 0 aromatic heterocycles. The fourth-order valence-corrected chi connectivity index (χ4v) is 4.57.